The average molecular weight is 1100 g/mol. The fourth-order valence-electron chi connectivity index (χ4n) is 10.4. The van der Waals surface area contributed by atoms with Crippen LogP contribution in [0.4, 0.5) is 0 Å². The summed E-state index contributed by atoms with van der Waals surface area (Å²) in [6.45, 7) is 18.2. The number of likely N-dealkylation sites (N-methyl/N-ethyl adjacent to an activating group) is 2. The number of cyclic esters (lactones) is 2. The lowest BCUT2D eigenvalue weighted by Crippen LogP contribution is -2.62. The maximum Gasteiger partial charge on any atom is 0.329 e. The zero-order valence-electron chi connectivity index (χ0n) is 48.1. The van der Waals surface area contributed by atoms with Crippen LogP contribution < -0.4 is 20.7 Å². The molecule has 3 aliphatic rings. The molecule has 5 N–H and O–H groups in total. The van der Waals surface area contributed by atoms with Crippen LogP contribution in [0.25, 0.3) is 0 Å². The lowest BCUT2D eigenvalue weighted by molar-refractivity contribution is -0.163. The van der Waals surface area contributed by atoms with Crippen molar-refractivity contribution >= 4 is 59.1 Å². The molecule has 0 aliphatic carbocycles. The number of ketones is 1. The van der Waals surface area contributed by atoms with Gasteiger partial charge in [0.15, 0.2) is 11.9 Å². The van der Waals surface area contributed by atoms with Gasteiger partial charge in [-0.3, -0.25) is 43.2 Å². The molecule has 0 spiro atoms. The van der Waals surface area contributed by atoms with Crippen molar-refractivity contribution in [3.05, 3.63) is 29.8 Å². The number of esters is 2. The third-order valence-corrected chi connectivity index (χ3v) is 14.9. The molecule has 12 atom stereocenters. The van der Waals surface area contributed by atoms with Gasteiger partial charge in [0.1, 0.15) is 54.2 Å². The number of ether oxygens (including phenoxy) is 3. The highest BCUT2D eigenvalue weighted by Gasteiger charge is 2.46. The summed E-state index contributed by atoms with van der Waals surface area (Å²) in [5.41, 5.74) is 0.569. The Morgan fingerprint density at radius 3 is 2.03 bits per heavy atom. The number of nitrogens with one attached hydrogen (secondary N) is 3. The molecule has 0 radical (unpaired) electrons. The van der Waals surface area contributed by atoms with Crippen LogP contribution in [0.1, 0.15) is 127 Å². The molecule has 0 aromatic heterocycles. The molecule has 3 saturated heterocycles. The molecule has 0 bridgehead atoms. The van der Waals surface area contributed by atoms with Crippen molar-refractivity contribution < 1.29 is 72.4 Å². The van der Waals surface area contributed by atoms with Gasteiger partial charge < -0.3 is 60.0 Å². The second kappa shape index (κ2) is 28.6. The molecule has 436 valence electrons. The maximum absolute atomic E-state index is 14.9. The summed E-state index contributed by atoms with van der Waals surface area (Å²) in [4.78, 5) is 148. The van der Waals surface area contributed by atoms with Gasteiger partial charge in [-0.25, -0.2) is 4.79 Å². The number of hydrogen-bond acceptors (Lipinski definition) is 15. The van der Waals surface area contributed by atoms with Crippen molar-refractivity contribution in [3.63, 3.8) is 0 Å². The van der Waals surface area contributed by atoms with Crippen LogP contribution in [-0.4, -0.2) is 190 Å². The molecule has 22 nitrogen and oxygen atoms in total. The Bertz CT molecular complexity index is 2310. The van der Waals surface area contributed by atoms with Gasteiger partial charge in [0.05, 0.1) is 31.6 Å². The highest BCUT2D eigenvalue weighted by molar-refractivity contribution is 6.05. The van der Waals surface area contributed by atoms with Gasteiger partial charge in [-0.05, 0) is 101 Å². The van der Waals surface area contributed by atoms with E-state index in [9.17, 15) is 58.2 Å². The van der Waals surface area contributed by atoms with Gasteiger partial charge in [-0.1, -0.05) is 67.5 Å². The number of carbonyl (C=O) groups is 10. The number of aliphatic hydroxyl groups excluding tert-OH is 2. The molecule has 7 amide bonds. The van der Waals surface area contributed by atoms with E-state index in [1.807, 2.05) is 27.7 Å². The number of Topliss-reactive ketones (excluding diaryl/α,β-unsaturated/α-hetero) is 1. The first-order chi connectivity index (χ1) is 36.5. The Morgan fingerprint density at radius 2 is 1.46 bits per heavy atom. The molecule has 78 heavy (non-hydrogen) atoms. The number of hydrogen-bond donors (Lipinski definition) is 5. The maximum atomic E-state index is 14.9. The summed E-state index contributed by atoms with van der Waals surface area (Å²) in [7, 11) is 4.28. The number of rotatable bonds is 14. The standard InChI is InChI=1S/C56H87N7O15/c1-29(2)25-38-53(72)63-24-16-18-40(63)55(74)61(13)42(27-36-19-21-37(76-14)22-20-36)56(75)77-35(11)46(59-50(69)41(26-30(3)4)60(12)54(73)39-17-15-23-62(39)52(71)34(10)64)51(70)58-45(31(5)6)43(65)28-44(66)78-48(32(7)8)47(67)33(9)49(68)57-38/h19-22,29-35,38-43,45-46,48,64-65H,15-18,23-28H2,1-14H3,(H,57,68)(H,58,70)(H,59,69)/t33-,34+,35-,38+,39+,40+,41-,42+,43?,45+,46+,48+/m1/s1. The zero-order chi connectivity index (χ0) is 58.6. The molecule has 3 heterocycles. The Labute approximate surface area is 459 Å². The first kappa shape index (κ1) is 64.4. The van der Waals surface area contributed by atoms with E-state index < -0.39 is 150 Å². The van der Waals surface area contributed by atoms with Gasteiger partial charge in [-0.2, -0.15) is 0 Å². The molecule has 1 unspecified atom stereocenters. The SMILES string of the molecule is COc1ccc(C[C@H]2C(=O)O[C@H](C)[C@H](NC(=O)[C@@H](CC(C)C)N(C)C(=O)[C@@H]3CCCN3C(=O)[C@H](C)O)C(=O)N[C@@H](C(C)C)C(O)CC(=O)O[C@@H](C(C)C)C(=O)[C@@H](C)C(=O)N[C@@H](CC(C)C)C(=O)N3CCC[C@H]3C(=O)N2C)cc1. The van der Waals surface area contributed by atoms with Crippen molar-refractivity contribution in [2.45, 2.75) is 194 Å². The van der Waals surface area contributed by atoms with Crippen LogP contribution >= 0.6 is 0 Å². The third kappa shape index (κ3) is 16.5. The second-order valence-corrected chi connectivity index (χ2v) is 22.8. The lowest BCUT2D eigenvalue weighted by atomic mass is 9.92. The molecule has 22 heteroatoms. The number of aliphatic hydroxyl groups is 2. The molecule has 3 fully saturated rings. The fraction of sp³-hybridized carbons (Fsp3) is 0.714. The summed E-state index contributed by atoms with van der Waals surface area (Å²) < 4.78 is 17.2. The summed E-state index contributed by atoms with van der Waals surface area (Å²) in [5, 5.41) is 30.0. The van der Waals surface area contributed by atoms with Gasteiger partial charge >= 0.3 is 11.9 Å². The number of carbonyl (C=O) groups excluding carboxylic acids is 10. The Morgan fingerprint density at radius 1 is 0.833 bits per heavy atom. The number of fused-ring (bicyclic) bond motifs is 1. The van der Waals surface area contributed by atoms with Crippen molar-refractivity contribution in [2.75, 3.05) is 34.3 Å². The van der Waals surface area contributed by atoms with Crippen LogP contribution in [0, 0.1) is 29.6 Å². The summed E-state index contributed by atoms with van der Waals surface area (Å²) in [5.74, 6) is -10.3. The van der Waals surface area contributed by atoms with E-state index in [1.165, 1.54) is 61.6 Å². The highest BCUT2D eigenvalue weighted by Crippen LogP contribution is 2.27. The number of benzene rings is 1. The van der Waals surface area contributed by atoms with E-state index in [0.29, 0.717) is 24.2 Å². The average Bonchev–Trinajstić information content (AvgIpc) is 4.08. The lowest BCUT2D eigenvalue weighted by Gasteiger charge is -2.36. The number of likely N-dealkylation sites (tertiary alicyclic amines) is 1. The molecular weight excluding hydrogens is 1010 g/mol. The van der Waals surface area contributed by atoms with Crippen LogP contribution in [-0.2, 0) is 63.8 Å². The quantitative estimate of drug-likeness (QED) is 0.131. The van der Waals surface area contributed by atoms with Gasteiger partial charge in [0.25, 0.3) is 5.91 Å². The van der Waals surface area contributed by atoms with Crippen molar-refractivity contribution in [2.24, 2.45) is 29.6 Å². The number of nitrogens with zero attached hydrogens (tertiary/aromatic N) is 4. The van der Waals surface area contributed by atoms with Crippen molar-refractivity contribution in [1.82, 2.24) is 35.6 Å². The monoisotopic (exact) mass is 1100 g/mol. The Hall–Kier alpha value is -6.16. The first-order valence-electron chi connectivity index (χ1n) is 27.5. The smallest absolute Gasteiger partial charge is 0.329 e. The molecule has 1 aromatic rings. The van der Waals surface area contributed by atoms with Crippen molar-refractivity contribution in [3.8, 4) is 5.75 Å². The van der Waals surface area contributed by atoms with Crippen LogP contribution in [0.3, 0.4) is 0 Å². The van der Waals surface area contributed by atoms with Gasteiger partial charge in [-0.15, -0.1) is 0 Å². The highest BCUT2D eigenvalue weighted by atomic mass is 16.6. The van der Waals surface area contributed by atoms with E-state index in [2.05, 4.69) is 16.0 Å². The summed E-state index contributed by atoms with van der Waals surface area (Å²) in [6.07, 6.45) is -5.36. The summed E-state index contributed by atoms with van der Waals surface area (Å²) >= 11 is 0. The van der Waals surface area contributed by atoms with Gasteiger partial charge in [0, 0.05) is 33.6 Å². The van der Waals surface area contributed by atoms with Crippen LogP contribution in [0.5, 0.6) is 5.75 Å². The molecule has 4 rings (SSSR count). The zero-order valence-corrected chi connectivity index (χ0v) is 48.1. The second-order valence-electron chi connectivity index (χ2n) is 22.8. The van der Waals surface area contributed by atoms with E-state index in [0.717, 1.165) is 0 Å². The van der Waals surface area contributed by atoms with Gasteiger partial charge in [0.2, 0.25) is 35.4 Å². The third-order valence-electron chi connectivity index (χ3n) is 14.9. The minimum atomic E-state index is -1.76. The normalized spacial score (nSPS) is 27.5. The van der Waals surface area contributed by atoms with E-state index >= 15 is 0 Å². The predicted molar refractivity (Wildman–Crippen MR) is 286 cm³/mol. The molecular formula is C56H87N7O15. The topological polar surface area (TPSA) is 288 Å². The molecule has 0 saturated carbocycles. The molecule has 1 aromatic carbocycles. The number of amides is 7. The van der Waals surface area contributed by atoms with E-state index in [1.54, 1.807) is 52.0 Å². The minimum absolute atomic E-state index is 0.0711. The van der Waals surface area contributed by atoms with Crippen LogP contribution in [0.2, 0.25) is 0 Å². The first-order valence-corrected chi connectivity index (χ1v) is 27.5. The van der Waals surface area contributed by atoms with Crippen molar-refractivity contribution in [1.29, 1.82) is 0 Å². The Balaban J connectivity index is 1.87. The largest absolute Gasteiger partial charge is 0.497 e. The summed E-state index contributed by atoms with van der Waals surface area (Å²) in [6, 6.07) is -2.21. The van der Waals surface area contributed by atoms with Crippen LogP contribution in [0.15, 0.2) is 24.3 Å². The fourth-order valence-corrected chi connectivity index (χ4v) is 10.4. The minimum Gasteiger partial charge on any atom is -0.497 e. The number of methoxy groups -OCH3 is 1. The Kier molecular flexibility index (Phi) is 23.6. The predicted octanol–water partition coefficient (Wildman–Crippen LogP) is 1.93. The van der Waals surface area contributed by atoms with E-state index in [4.69, 9.17) is 14.2 Å². The van der Waals surface area contributed by atoms with E-state index in [-0.39, 0.29) is 57.0 Å². The molecule has 3 aliphatic heterocycles.